The van der Waals surface area contributed by atoms with Crippen LogP contribution in [0.5, 0.6) is 0 Å². The van der Waals surface area contributed by atoms with Gasteiger partial charge in [0.25, 0.3) is 0 Å². The third-order valence-corrected chi connectivity index (χ3v) is 6.07. The molecule has 2 aromatic carbocycles. The first-order valence-electron chi connectivity index (χ1n) is 10.5. The standard InChI is InChI=1S/C24H28BClFNO4/c1-23(2)24(3,4)32-25(31-23)20(12-18-10-11-19(14-26)21(27)13-18)15-28-22(29)30-16-17-8-6-5-7-9-17/h5-13H,14-16H2,1-4H3,(H,28,29). The zero-order valence-corrected chi connectivity index (χ0v) is 19.5. The first-order valence-corrected chi connectivity index (χ1v) is 11.0. The number of alkyl carbamates (subject to hydrolysis) is 1. The van der Waals surface area contributed by atoms with Gasteiger partial charge in [-0.05, 0) is 50.4 Å². The van der Waals surface area contributed by atoms with Gasteiger partial charge in [0.05, 0.1) is 17.1 Å². The fraction of sp³-hybridized carbons (Fsp3) is 0.375. The molecule has 5 nitrogen and oxygen atoms in total. The SMILES string of the molecule is CC1(C)OB(C(=Cc2ccc(CCl)c(F)c2)CNC(=O)OCc2ccccc2)OC1(C)C. The molecule has 0 saturated carbocycles. The Labute approximate surface area is 194 Å². The van der Waals surface area contributed by atoms with Gasteiger partial charge in [-0.3, -0.25) is 0 Å². The quantitative estimate of drug-likeness (QED) is 0.438. The van der Waals surface area contributed by atoms with Crippen LogP contribution in [0.4, 0.5) is 9.18 Å². The van der Waals surface area contributed by atoms with Crippen molar-refractivity contribution in [1.82, 2.24) is 5.32 Å². The lowest BCUT2D eigenvalue weighted by atomic mass is 9.77. The van der Waals surface area contributed by atoms with Gasteiger partial charge in [-0.25, -0.2) is 9.18 Å². The van der Waals surface area contributed by atoms with E-state index < -0.39 is 30.2 Å². The highest BCUT2D eigenvalue weighted by Gasteiger charge is 2.52. The van der Waals surface area contributed by atoms with Crippen molar-refractivity contribution in [2.24, 2.45) is 0 Å². The molecule has 1 aliphatic rings. The van der Waals surface area contributed by atoms with Crippen molar-refractivity contribution in [2.75, 3.05) is 6.54 Å². The van der Waals surface area contributed by atoms with Crippen LogP contribution in [0.3, 0.4) is 0 Å². The highest BCUT2D eigenvalue weighted by atomic mass is 35.5. The van der Waals surface area contributed by atoms with E-state index in [9.17, 15) is 9.18 Å². The minimum absolute atomic E-state index is 0.0920. The lowest BCUT2D eigenvalue weighted by molar-refractivity contribution is 0.00578. The van der Waals surface area contributed by atoms with Crippen LogP contribution in [0.1, 0.15) is 44.4 Å². The van der Waals surface area contributed by atoms with Gasteiger partial charge in [0, 0.05) is 12.1 Å². The molecule has 170 valence electrons. The number of carbonyl (C=O) groups excluding carboxylic acids is 1. The third kappa shape index (κ3) is 5.91. The van der Waals surface area contributed by atoms with E-state index in [4.69, 9.17) is 25.6 Å². The van der Waals surface area contributed by atoms with Gasteiger partial charge < -0.3 is 19.4 Å². The number of benzene rings is 2. The number of carbonyl (C=O) groups is 1. The molecule has 1 heterocycles. The maximum absolute atomic E-state index is 14.2. The lowest BCUT2D eigenvalue weighted by Gasteiger charge is -2.32. The Bertz CT molecular complexity index is 965. The lowest BCUT2D eigenvalue weighted by Crippen LogP contribution is -2.41. The minimum atomic E-state index is -0.704. The highest BCUT2D eigenvalue weighted by molar-refractivity contribution is 6.56. The van der Waals surface area contributed by atoms with E-state index in [0.717, 1.165) is 5.56 Å². The Hall–Kier alpha value is -2.35. The van der Waals surface area contributed by atoms with E-state index >= 15 is 0 Å². The smallest absolute Gasteiger partial charge is 0.445 e. The molecule has 32 heavy (non-hydrogen) atoms. The van der Waals surface area contributed by atoms with Crippen molar-refractivity contribution in [3.8, 4) is 0 Å². The molecule has 1 saturated heterocycles. The summed E-state index contributed by atoms with van der Waals surface area (Å²) in [6.07, 6.45) is 1.18. The van der Waals surface area contributed by atoms with Crippen molar-refractivity contribution < 1.29 is 23.2 Å². The van der Waals surface area contributed by atoms with Crippen LogP contribution in [0.2, 0.25) is 0 Å². The molecule has 2 aromatic rings. The summed E-state index contributed by atoms with van der Waals surface area (Å²) in [5.41, 5.74) is 1.44. The number of rotatable bonds is 7. The average Bonchev–Trinajstić information content (AvgIpc) is 2.97. The van der Waals surface area contributed by atoms with E-state index in [-0.39, 0.29) is 19.0 Å². The fourth-order valence-electron chi connectivity index (χ4n) is 3.12. The van der Waals surface area contributed by atoms with E-state index in [1.54, 1.807) is 18.2 Å². The van der Waals surface area contributed by atoms with Crippen molar-refractivity contribution in [3.05, 3.63) is 76.5 Å². The molecular formula is C24H28BClFNO4. The Morgan fingerprint density at radius 2 is 1.78 bits per heavy atom. The van der Waals surface area contributed by atoms with Gasteiger partial charge in [-0.2, -0.15) is 0 Å². The molecule has 0 spiro atoms. The molecule has 1 fully saturated rings. The van der Waals surface area contributed by atoms with E-state index in [2.05, 4.69) is 5.32 Å². The monoisotopic (exact) mass is 459 g/mol. The van der Waals surface area contributed by atoms with Crippen molar-refractivity contribution in [3.63, 3.8) is 0 Å². The third-order valence-electron chi connectivity index (χ3n) is 5.78. The molecule has 3 rings (SSSR count). The fourth-order valence-corrected chi connectivity index (χ4v) is 3.34. The molecule has 1 aliphatic heterocycles. The summed E-state index contributed by atoms with van der Waals surface area (Å²) in [4.78, 5) is 12.3. The van der Waals surface area contributed by atoms with E-state index in [1.807, 2.05) is 58.0 Å². The van der Waals surface area contributed by atoms with Gasteiger partial charge >= 0.3 is 13.2 Å². The Morgan fingerprint density at radius 3 is 2.38 bits per heavy atom. The molecule has 0 radical (unpaired) electrons. The highest BCUT2D eigenvalue weighted by Crippen LogP contribution is 2.38. The molecule has 1 amide bonds. The average molecular weight is 460 g/mol. The van der Waals surface area contributed by atoms with E-state index in [1.165, 1.54) is 6.07 Å². The van der Waals surface area contributed by atoms with Crippen molar-refractivity contribution in [2.45, 2.75) is 51.4 Å². The van der Waals surface area contributed by atoms with Crippen LogP contribution in [0, 0.1) is 5.82 Å². The maximum Gasteiger partial charge on any atom is 0.492 e. The van der Waals surface area contributed by atoms with Crippen LogP contribution in [-0.4, -0.2) is 31.0 Å². The van der Waals surface area contributed by atoms with Gasteiger partial charge in [-0.15, -0.1) is 11.6 Å². The molecule has 0 aliphatic carbocycles. The summed E-state index contributed by atoms with van der Waals surface area (Å²) in [6.45, 7) is 8.06. The minimum Gasteiger partial charge on any atom is -0.445 e. The van der Waals surface area contributed by atoms with Crippen molar-refractivity contribution in [1.29, 1.82) is 0 Å². The first-order chi connectivity index (χ1) is 15.1. The van der Waals surface area contributed by atoms with Crippen LogP contribution >= 0.6 is 11.6 Å². The number of alkyl halides is 1. The van der Waals surface area contributed by atoms with Crippen LogP contribution in [0.15, 0.2) is 54.0 Å². The maximum atomic E-state index is 14.2. The predicted octanol–water partition coefficient (Wildman–Crippen LogP) is 5.51. The van der Waals surface area contributed by atoms with Gasteiger partial charge in [0.1, 0.15) is 12.4 Å². The van der Waals surface area contributed by atoms with E-state index in [0.29, 0.717) is 16.6 Å². The van der Waals surface area contributed by atoms with Crippen molar-refractivity contribution >= 4 is 30.9 Å². The number of amides is 1. The summed E-state index contributed by atoms with van der Waals surface area (Å²) in [6, 6.07) is 14.2. The number of halogens is 2. The zero-order valence-electron chi connectivity index (χ0n) is 18.8. The number of hydrogen-bond donors (Lipinski definition) is 1. The Kier molecular flexibility index (Phi) is 7.65. The normalized spacial score (nSPS) is 17.3. The second-order valence-electron chi connectivity index (χ2n) is 8.71. The molecular weight excluding hydrogens is 432 g/mol. The largest absolute Gasteiger partial charge is 0.492 e. The first kappa shape index (κ1) is 24.3. The summed E-state index contributed by atoms with van der Waals surface area (Å²) in [7, 11) is -0.704. The zero-order chi connectivity index (χ0) is 23.4. The molecule has 0 atom stereocenters. The van der Waals surface area contributed by atoms with Gasteiger partial charge in [0.2, 0.25) is 0 Å². The van der Waals surface area contributed by atoms with Crippen LogP contribution in [-0.2, 0) is 26.5 Å². The summed E-state index contributed by atoms with van der Waals surface area (Å²) in [5, 5.41) is 2.74. The second kappa shape index (κ2) is 10.1. The molecule has 0 aromatic heterocycles. The van der Waals surface area contributed by atoms with Gasteiger partial charge in [-0.1, -0.05) is 48.5 Å². The Morgan fingerprint density at radius 1 is 1.12 bits per heavy atom. The second-order valence-corrected chi connectivity index (χ2v) is 8.97. The summed E-state index contributed by atoms with van der Waals surface area (Å²) in [5.74, 6) is -0.299. The number of ether oxygens (including phenoxy) is 1. The topological polar surface area (TPSA) is 56.8 Å². The molecule has 8 heteroatoms. The summed E-state index contributed by atoms with van der Waals surface area (Å²) < 4.78 is 31.8. The molecule has 1 N–H and O–H groups in total. The van der Waals surface area contributed by atoms with Crippen LogP contribution in [0.25, 0.3) is 6.08 Å². The molecule has 0 unspecified atom stereocenters. The Balaban J connectivity index is 1.75. The predicted molar refractivity (Wildman–Crippen MR) is 125 cm³/mol. The molecule has 0 bridgehead atoms. The number of nitrogens with one attached hydrogen (secondary N) is 1. The van der Waals surface area contributed by atoms with Crippen LogP contribution < -0.4 is 5.32 Å². The van der Waals surface area contributed by atoms with Gasteiger partial charge in [0.15, 0.2) is 0 Å². The number of hydrogen-bond acceptors (Lipinski definition) is 4. The summed E-state index contributed by atoms with van der Waals surface area (Å²) >= 11 is 5.76.